The summed E-state index contributed by atoms with van der Waals surface area (Å²) in [4.78, 5) is 24.3. The molecular weight excluding hydrogens is 363 g/mol. The number of hydrazone groups is 1. The van der Waals surface area contributed by atoms with Crippen molar-refractivity contribution in [2.45, 2.75) is 19.3 Å². The highest BCUT2D eigenvalue weighted by atomic mass is 19.4. The van der Waals surface area contributed by atoms with E-state index >= 15 is 0 Å². The van der Waals surface area contributed by atoms with Crippen molar-refractivity contribution in [2.75, 3.05) is 5.32 Å². The predicted molar refractivity (Wildman–Crippen MR) is 90.4 cm³/mol. The second-order valence-corrected chi connectivity index (χ2v) is 5.67. The van der Waals surface area contributed by atoms with Crippen LogP contribution in [0, 0.1) is 0 Å². The van der Waals surface area contributed by atoms with Crippen LogP contribution in [0.5, 0.6) is 0 Å². The summed E-state index contributed by atoms with van der Waals surface area (Å²) in [6, 6.07) is 12.8. The third kappa shape index (κ3) is 4.08. The van der Waals surface area contributed by atoms with Gasteiger partial charge in [0.25, 0.3) is 12.1 Å². The van der Waals surface area contributed by atoms with Gasteiger partial charge in [0.1, 0.15) is 0 Å². The molecule has 3 rings (SSSR count). The van der Waals surface area contributed by atoms with Crippen LogP contribution in [0.15, 0.2) is 59.7 Å². The number of nitrogens with zero attached hydrogens (tertiary/aromatic N) is 2. The quantitative estimate of drug-likeness (QED) is 0.893. The number of anilines is 1. The summed E-state index contributed by atoms with van der Waals surface area (Å²) in [7, 11) is 0. The lowest BCUT2D eigenvalue weighted by molar-refractivity contribution is -0.143. The van der Waals surface area contributed by atoms with E-state index in [-0.39, 0.29) is 11.6 Å². The molecule has 9 heteroatoms. The molecule has 6 nitrogen and oxygen atoms in total. The van der Waals surface area contributed by atoms with Crippen LogP contribution in [0.1, 0.15) is 18.1 Å². The SMILES string of the molecule is CC(=O)N1N=C(c2ccccc2)OC1C(=O)Nc1cccc(C(F)(F)F)c1. The normalized spacial score (nSPS) is 16.5. The number of alkyl halides is 3. The second kappa shape index (κ2) is 7.10. The smallest absolute Gasteiger partial charge is 0.416 e. The highest BCUT2D eigenvalue weighted by Crippen LogP contribution is 2.31. The zero-order valence-electron chi connectivity index (χ0n) is 14.0. The van der Waals surface area contributed by atoms with Gasteiger partial charge in [-0.25, -0.2) is 0 Å². The molecule has 140 valence electrons. The summed E-state index contributed by atoms with van der Waals surface area (Å²) >= 11 is 0. The zero-order chi connectivity index (χ0) is 19.6. The van der Waals surface area contributed by atoms with E-state index in [2.05, 4.69) is 10.4 Å². The van der Waals surface area contributed by atoms with Gasteiger partial charge in [-0.1, -0.05) is 24.3 Å². The van der Waals surface area contributed by atoms with Crippen molar-refractivity contribution < 1.29 is 27.5 Å². The number of hydrogen-bond acceptors (Lipinski definition) is 4. The maximum Gasteiger partial charge on any atom is 0.416 e. The molecular formula is C18H14F3N3O3. The third-order valence-electron chi connectivity index (χ3n) is 3.67. The van der Waals surface area contributed by atoms with Crippen LogP contribution in [0.3, 0.4) is 0 Å². The topological polar surface area (TPSA) is 71.0 Å². The average molecular weight is 377 g/mol. The van der Waals surface area contributed by atoms with Crippen molar-refractivity contribution in [1.29, 1.82) is 0 Å². The van der Waals surface area contributed by atoms with Crippen molar-refractivity contribution in [1.82, 2.24) is 5.01 Å². The lowest BCUT2D eigenvalue weighted by Crippen LogP contribution is -2.42. The van der Waals surface area contributed by atoms with E-state index < -0.39 is 29.8 Å². The Kier molecular flexibility index (Phi) is 4.85. The van der Waals surface area contributed by atoms with Gasteiger partial charge in [-0.2, -0.15) is 18.2 Å². The van der Waals surface area contributed by atoms with E-state index in [0.717, 1.165) is 17.1 Å². The van der Waals surface area contributed by atoms with Gasteiger partial charge in [0.05, 0.1) is 5.56 Å². The number of halogens is 3. The molecule has 0 aliphatic carbocycles. The highest BCUT2D eigenvalue weighted by Gasteiger charge is 2.38. The largest absolute Gasteiger partial charge is 0.440 e. The van der Waals surface area contributed by atoms with Crippen LogP contribution in [-0.4, -0.2) is 28.9 Å². The van der Waals surface area contributed by atoms with Crippen LogP contribution in [0.4, 0.5) is 18.9 Å². The molecule has 0 bridgehead atoms. The molecule has 2 aromatic carbocycles. The number of carbonyl (C=O) groups is 2. The first-order chi connectivity index (χ1) is 12.8. The van der Waals surface area contributed by atoms with Gasteiger partial charge < -0.3 is 10.1 Å². The molecule has 0 saturated carbocycles. The number of rotatable bonds is 3. The summed E-state index contributed by atoms with van der Waals surface area (Å²) in [5, 5.41) is 7.16. The molecule has 0 saturated heterocycles. The van der Waals surface area contributed by atoms with Gasteiger partial charge in [0, 0.05) is 18.2 Å². The average Bonchev–Trinajstić information content (AvgIpc) is 3.08. The molecule has 0 radical (unpaired) electrons. The predicted octanol–water partition coefficient (Wildman–Crippen LogP) is 3.21. The number of benzene rings is 2. The minimum atomic E-state index is -4.54. The first kappa shape index (κ1) is 18.4. The Morgan fingerprint density at radius 1 is 1.11 bits per heavy atom. The molecule has 1 atom stereocenters. The fourth-order valence-corrected chi connectivity index (χ4v) is 2.41. The monoisotopic (exact) mass is 377 g/mol. The van der Waals surface area contributed by atoms with E-state index in [1.807, 2.05) is 0 Å². The van der Waals surface area contributed by atoms with E-state index in [1.165, 1.54) is 19.1 Å². The lowest BCUT2D eigenvalue weighted by atomic mass is 10.2. The van der Waals surface area contributed by atoms with Crippen molar-refractivity contribution in [3.05, 3.63) is 65.7 Å². The Balaban J connectivity index is 1.79. The fraction of sp³-hybridized carbons (Fsp3) is 0.167. The minimum absolute atomic E-state index is 0.0648. The van der Waals surface area contributed by atoms with Crippen molar-refractivity contribution in [3.8, 4) is 0 Å². The van der Waals surface area contributed by atoms with Crippen LogP contribution in [-0.2, 0) is 20.5 Å². The van der Waals surface area contributed by atoms with Crippen LogP contribution < -0.4 is 5.32 Å². The molecule has 1 aliphatic heterocycles. The van der Waals surface area contributed by atoms with Gasteiger partial charge in [-0.05, 0) is 30.3 Å². The number of hydrogen-bond donors (Lipinski definition) is 1. The molecule has 1 unspecified atom stereocenters. The summed E-state index contributed by atoms with van der Waals surface area (Å²) in [5.74, 6) is -1.31. The molecule has 0 aromatic heterocycles. The van der Waals surface area contributed by atoms with E-state index in [1.54, 1.807) is 30.3 Å². The van der Waals surface area contributed by atoms with E-state index in [4.69, 9.17) is 4.74 Å². The Morgan fingerprint density at radius 3 is 2.44 bits per heavy atom. The first-order valence-electron chi connectivity index (χ1n) is 7.84. The molecule has 0 fully saturated rings. The van der Waals surface area contributed by atoms with Gasteiger partial charge in [0.2, 0.25) is 11.8 Å². The maximum absolute atomic E-state index is 12.8. The van der Waals surface area contributed by atoms with E-state index in [0.29, 0.717) is 5.56 Å². The molecule has 2 amide bonds. The summed E-state index contributed by atoms with van der Waals surface area (Å²) < 4.78 is 43.9. The first-order valence-corrected chi connectivity index (χ1v) is 7.84. The van der Waals surface area contributed by atoms with Gasteiger partial charge in [-0.3, -0.25) is 9.59 Å². The van der Waals surface area contributed by atoms with Gasteiger partial charge in [-0.15, -0.1) is 5.10 Å². The number of carbonyl (C=O) groups excluding carboxylic acids is 2. The van der Waals surface area contributed by atoms with Crippen molar-refractivity contribution in [2.24, 2.45) is 5.10 Å². The van der Waals surface area contributed by atoms with Gasteiger partial charge >= 0.3 is 6.18 Å². The Bertz CT molecular complexity index is 897. The number of nitrogens with one attached hydrogen (secondary N) is 1. The highest BCUT2D eigenvalue weighted by molar-refractivity contribution is 6.03. The van der Waals surface area contributed by atoms with Crippen LogP contribution in [0.25, 0.3) is 0 Å². The third-order valence-corrected chi connectivity index (χ3v) is 3.67. The summed E-state index contributed by atoms with van der Waals surface area (Å²) in [6.07, 6.45) is -5.97. The summed E-state index contributed by atoms with van der Waals surface area (Å²) in [6.45, 7) is 1.20. The second-order valence-electron chi connectivity index (χ2n) is 5.67. The zero-order valence-corrected chi connectivity index (χ0v) is 14.0. The summed E-state index contributed by atoms with van der Waals surface area (Å²) in [5.41, 5.74) is -0.425. The Labute approximate surface area is 152 Å². The van der Waals surface area contributed by atoms with E-state index in [9.17, 15) is 22.8 Å². The Morgan fingerprint density at radius 2 is 1.81 bits per heavy atom. The fourth-order valence-electron chi connectivity index (χ4n) is 2.41. The van der Waals surface area contributed by atoms with Crippen LogP contribution in [0.2, 0.25) is 0 Å². The molecule has 27 heavy (non-hydrogen) atoms. The molecule has 0 spiro atoms. The molecule has 1 aliphatic rings. The number of ether oxygens (including phenoxy) is 1. The molecule has 2 aromatic rings. The standard InChI is InChI=1S/C18H14F3N3O3/c1-11(25)24-17(27-16(23-24)12-6-3-2-4-7-12)15(26)22-14-9-5-8-13(10-14)18(19,20)21/h2-10,17H,1H3,(H,22,26). The molecule has 1 heterocycles. The number of amides is 2. The lowest BCUT2D eigenvalue weighted by Gasteiger charge is -2.18. The minimum Gasteiger partial charge on any atom is -0.440 e. The van der Waals surface area contributed by atoms with Gasteiger partial charge in [0.15, 0.2) is 0 Å². The van der Waals surface area contributed by atoms with Crippen molar-refractivity contribution in [3.63, 3.8) is 0 Å². The van der Waals surface area contributed by atoms with Crippen LogP contribution >= 0.6 is 0 Å². The Hall–Kier alpha value is -3.36. The molecule has 1 N–H and O–H groups in total. The maximum atomic E-state index is 12.8. The van der Waals surface area contributed by atoms with Crippen molar-refractivity contribution >= 4 is 23.4 Å².